The number of alkyl halides is 3. The summed E-state index contributed by atoms with van der Waals surface area (Å²) in [7, 11) is 0. The predicted octanol–water partition coefficient (Wildman–Crippen LogP) is 5.83. The highest BCUT2D eigenvalue weighted by atomic mass is 19.4. The van der Waals surface area contributed by atoms with E-state index in [0.717, 1.165) is 41.7 Å². The number of hydrogen-bond acceptors (Lipinski definition) is 4. The standard InChI is InChI=1S/C29H28F3N3O3/c30-29(31,32)24-10-12-25(13-11-24)38-18-17-35(16-15-23-19-33-27-4-2-1-3-26(23)27)20-22-7-5-21(6-8-22)9-14-28(36)34-37/h1-14,19,33,37H,15-18,20H2,(H,34,36). The van der Waals surface area contributed by atoms with Gasteiger partial charge in [-0.05, 0) is 59.5 Å². The highest BCUT2D eigenvalue weighted by Crippen LogP contribution is 2.30. The number of carbonyl (C=O) groups excluding carboxylic acids is 1. The molecule has 6 nitrogen and oxygen atoms in total. The number of fused-ring (bicyclic) bond motifs is 1. The number of rotatable bonds is 11. The Hall–Kier alpha value is -4.08. The van der Waals surface area contributed by atoms with E-state index in [0.29, 0.717) is 25.4 Å². The Kier molecular flexibility index (Phi) is 8.83. The Morgan fingerprint density at radius 3 is 2.45 bits per heavy atom. The fraction of sp³-hybridized carbons (Fsp3) is 0.207. The van der Waals surface area contributed by atoms with Gasteiger partial charge in [0.2, 0.25) is 0 Å². The summed E-state index contributed by atoms with van der Waals surface area (Å²) in [6.45, 7) is 2.27. The van der Waals surface area contributed by atoms with Gasteiger partial charge in [-0.25, -0.2) is 5.48 Å². The first-order valence-electron chi connectivity index (χ1n) is 12.1. The minimum atomic E-state index is -4.38. The molecule has 1 aromatic heterocycles. The van der Waals surface area contributed by atoms with Crippen molar-refractivity contribution in [3.8, 4) is 5.75 Å². The molecule has 4 aromatic rings. The number of ether oxygens (including phenoxy) is 1. The summed E-state index contributed by atoms with van der Waals surface area (Å²) in [5, 5.41) is 9.79. The van der Waals surface area contributed by atoms with Gasteiger partial charge in [0.1, 0.15) is 12.4 Å². The molecular weight excluding hydrogens is 495 g/mol. The molecule has 0 aliphatic rings. The summed E-state index contributed by atoms with van der Waals surface area (Å²) in [4.78, 5) is 16.7. The van der Waals surface area contributed by atoms with Crippen molar-refractivity contribution >= 4 is 22.9 Å². The number of benzene rings is 3. The van der Waals surface area contributed by atoms with Crippen molar-refractivity contribution in [2.45, 2.75) is 19.1 Å². The number of amides is 1. The molecule has 9 heteroatoms. The lowest BCUT2D eigenvalue weighted by atomic mass is 10.1. The predicted molar refractivity (Wildman–Crippen MR) is 140 cm³/mol. The highest BCUT2D eigenvalue weighted by Gasteiger charge is 2.30. The Morgan fingerprint density at radius 1 is 1.00 bits per heavy atom. The molecule has 0 radical (unpaired) electrons. The van der Waals surface area contributed by atoms with E-state index >= 15 is 0 Å². The molecule has 3 N–H and O–H groups in total. The fourth-order valence-corrected chi connectivity index (χ4v) is 4.12. The first kappa shape index (κ1) is 27.0. The van der Waals surface area contributed by atoms with Crippen molar-refractivity contribution < 1.29 is 27.9 Å². The number of H-pyrrole nitrogens is 1. The molecule has 0 aliphatic carbocycles. The molecule has 0 fully saturated rings. The minimum absolute atomic E-state index is 0.316. The first-order chi connectivity index (χ1) is 18.3. The SMILES string of the molecule is O=C(C=Cc1ccc(CN(CCOc2ccc(C(F)(F)F)cc2)CCc2c[nH]c3ccccc23)cc1)NO. The molecule has 0 bridgehead atoms. The van der Waals surface area contributed by atoms with E-state index in [1.807, 2.05) is 48.7 Å². The Bertz CT molecular complexity index is 1360. The van der Waals surface area contributed by atoms with E-state index in [2.05, 4.69) is 16.0 Å². The van der Waals surface area contributed by atoms with E-state index in [9.17, 15) is 18.0 Å². The van der Waals surface area contributed by atoms with Gasteiger partial charge in [0.15, 0.2) is 0 Å². The molecule has 198 valence electrons. The lowest BCUT2D eigenvalue weighted by Crippen LogP contribution is -2.30. The quantitative estimate of drug-likeness (QED) is 0.131. The fourth-order valence-electron chi connectivity index (χ4n) is 4.12. The van der Waals surface area contributed by atoms with Gasteiger partial charge in [-0.3, -0.25) is 14.9 Å². The number of aromatic nitrogens is 1. The van der Waals surface area contributed by atoms with Crippen LogP contribution in [0.3, 0.4) is 0 Å². The number of halogens is 3. The van der Waals surface area contributed by atoms with Crippen LogP contribution < -0.4 is 10.2 Å². The molecule has 0 saturated heterocycles. The smallest absolute Gasteiger partial charge is 0.416 e. The van der Waals surface area contributed by atoms with Crippen LogP contribution in [0.2, 0.25) is 0 Å². The van der Waals surface area contributed by atoms with Crippen molar-refractivity contribution in [3.63, 3.8) is 0 Å². The van der Waals surface area contributed by atoms with Gasteiger partial charge in [-0.2, -0.15) is 13.2 Å². The molecule has 0 atom stereocenters. The zero-order chi connectivity index (χ0) is 27.0. The van der Waals surface area contributed by atoms with Crippen molar-refractivity contribution in [1.82, 2.24) is 15.4 Å². The normalized spacial score (nSPS) is 11.9. The van der Waals surface area contributed by atoms with Gasteiger partial charge in [-0.1, -0.05) is 42.5 Å². The molecule has 3 aromatic carbocycles. The molecular formula is C29H28F3N3O3. The number of hydroxylamine groups is 1. The van der Waals surface area contributed by atoms with E-state index in [4.69, 9.17) is 9.94 Å². The molecule has 4 rings (SSSR count). The number of para-hydroxylation sites is 1. The molecule has 0 spiro atoms. The van der Waals surface area contributed by atoms with E-state index in [1.165, 1.54) is 29.2 Å². The van der Waals surface area contributed by atoms with Gasteiger partial charge in [0.05, 0.1) is 5.56 Å². The van der Waals surface area contributed by atoms with Crippen LogP contribution in [-0.4, -0.2) is 40.7 Å². The lowest BCUT2D eigenvalue weighted by Gasteiger charge is -2.23. The number of hydrogen-bond donors (Lipinski definition) is 3. The number of aromatic amines is 1. The largest absolute Gasteiger partial charge is 0.492 e. The molecule has 1 amide bonds. The maximum Gasteiger partial charge on any atom is 0.416 e. The summed E-state index contributed by atoms with van der Waals surface area (Å²) < 4.78 is 44.2. The van der Waals surface area contributed by atoms with Crippen LogP contribution in [0.1, 0.15) is 22.3 Å². The second-order valence-corrected chi connectivity index (χ2v) is 8.81. The third-order valence-electron chi connectivity index (χ3n) is 6.15. The summed E-state index contributed by atoms with van der Waals surface area (Å²) in [5.74, 6) is -0.219. The second-order valence-electron chi connectivity index (χ2n) is 8.81. The topological polar surface area (TPSA) is 77.6 Å². The van der Waals surface area contributed by atoms with Crippen LogP contribution in [0.15, 0.2) is 85.1 Å². The van der Waals surface area contributed by atoms with E-state index < -0.39 is 17.6 Å². The molecule has 0 unspecified atom stereocenters. The van der Waals surface area contributed by atoms with Gasteiger partial charge in [0.25, 0.3) is 5.91 Å². The average Bonchev–Trinajstić information content (AvgIpc) is 3.34. The summed E-state index contributed by atoms with van der Waals surface area (Å²) >= 11 is 0. The molecule has 0 aliphatic heterocycles. The van der Waals surface area contributed by atoms with Gasteiger partial charge in [0, 0.05) is 42.8 Å². The summed E-state index contributed by atoms with van der Waals surface area (Å²) in [5.41, 5.74) is 5.00. The minimum Gasteiger partial charge on any atom is -0.492 e. The number of nitrogens with zero attached hydrogens (tertiary/aromatic N) is 1. The van der Waals surface area contributed by atoms with Crippen LogP contribution in [-0.2, 0) is 23.9 Å². The van der Waals surface area contributed by atoms with Crippen molar-refractivity contribution in [2.75, 3.05) is 19.7 Å². The summed E-state index contributed by atoms with van der Waals surface area (Å²) in [6.07, 6.45) is 1.28. The monoisotopic (exact) mass is 523 g/mol. The zero-order valence-corrected chi connectivity index (χ0v) is 20.5. The van der Waals surface area contributed by atoms with Crippen molar-refractivity contribution in [3.05, 3.63) is 107 Å². The Balaban J connectivity index is 1.40. The van der Waals surface area contributed by atoms with Crippen LogP contribution >= 0.6 is 0 Å². The first-order valence-corrected chi connectivity index (χ1v) is 12.1. The molecule has 38 heavy (non-hydrogen) atoms. The van der Waals surface area contributed by atoms with E-state index in [-0.39, 0.29) is 0 Å². The van der Waals surface area contributed by atoms with Gasteiger partial charge in [-0.15, -0.1) is 0 Å². The van der Waals surface area contributed by atoms with Crippen molar-refractivity contribution in [1.29, 1.82) is 0 Å². The van der Waals surface area contributed by atoms with Crippen molar-refractivity contribution in [2.24, 2.45) is 0 Å². The van der Waals surface area contributed by atoms with Crippen LogP contribution in [0.5, 0.6) is 5.75 Å². The van der Waals surface area contributed by atoms with Crippen LogP contribution in [0.4, 0.5) is 13.2 Å². The zero-order valence-electron chi connectivity index (χ0n) is 20.5. The second kappa shape index (κ2) is 12.4. The number of nitrogens with one attached hydrogen (secondary N) is 2. The Morgan fingerprint density at radius 2 is 1.74 bits per heavy atom. The number of carbonyl (C=O) groups is 1. The molecule has 1 heterocycles. The van der Waals surface area contributed by atoms with E-state index in [1.54, 1.807) is 11.6 Å². The lowest BCUT2D eigenvalue weighted by molar-refractivity contribution is -0.137. The Labute approximate surface area is 218 Å². The highest BCUT2D eigenvalue weighted by molar-refractivity contribution is 5.90. The summed E-state index contributed by atoms with van der Waals surface area (Å²) in [6, 6.07) is 20.5. The van der Waals surface area contributed by atoms with Crippen LogP contribution in [0, 0.1) is 0 Å². The third kappa shape index (κ3) is 7.47. The van der Waals surface area contributed by atoms with Crippen LogP contribution in [0.25, 0.3) is 17.0 Å². The maximum atomic E-state index is 12.8. The average molecular weight is 524 g/mol. The van der Waals surface area contributed by atoms with Gasteiger partial charge >= 0.3 is 6.18 Å². The molecule has 0 saturated carbocycles. The maximum absolute atomic E-state index is 12.8. The third-order valence-corrected chi connectivity index (χ3v) is 6.15. The van der Waals surface area contributed by atoms with Gasteiger partial charge < -0.3 is 9.72 Å².